The Morgan fingerprint density at radius 3 is 3.08 bits per heavy atom. The lowest BCUT2D eigenvalue weighted by molar-refractivity contribution is 0.101. The number of rotatable bonds is 1. The lowest BCUT2D eigenvalue weighted by Crippen LogP contribution is -1.96. The largest absolute Gasteiger partial charge is 0.305 e. The van der Waals surface area contributed by atoms with Crippen LogP contribution < -0.4 is 0 Å². The third-order valence-corrected chi connectivity index (χ3v) is 2.43. The number of ketones is 1. The van der Waals surface area contributed by atoms with E-state index in [2.05, 4.69) is 20.9 Å². The van der Waals surface area contributed by atoms with Gasteiger partial charge in [-0.1, -0.05) is 0 Å². The van der Waals surface area contributed by atoms with Gasteiger partial charge in [0.1, 0.15) is 0 Å². The molecule has 0 aliphatic carbocycles. The number of nitrogens with zero attached hydrogens (tertiary/aromatic N) is 2. The maximum Gasteiger partial charge on any atom is 0.161 e. The zero-order valence-electron chi connectivity index (χ0n) is 6.99. The Bertz CT molecular complexity index is 475. The van der Waals surface area contributed by atoms with Gasteiger partial charge in [0, 0.05) is 24.2 Å². The highest BCUT2D eigenvalue weighted by atomic mass is 79.9. The highest BCUT2D eigenvalue weighted by Crippen LogP contribution is 2.18. The van der Waals surface area contributed by atoms with Gasteiger partial charge in [-0.15, -0.1) is 0 Å². The summed E-state index contributed by atoms with van der Waals surface area (Å²) in [7, 11) is 0. The van der Waals surface area contributed by atoms with E-state index in [9.17, 15) is 4.79 Å². The highest BCUT2D eigenvalue weighted by molar-refractivity contribution is 9.10. The molecule has 0 aromatic carbocycles. The standard InChI is InChI=1S/C9H7BrN2O/c1-6(13)7-4-8(10)9-11-2-3-12(9)5-7/h2-5H,1H3. The second-order valence-electron chi connectivity index (χ2n) is 2.79. The molecule has 0 atom stereocenters. The SMILES string of the molecule is CC(=O)c1cc(Br)c2nccn2c1. The molecular formula is C9H7BrN2O. The lowest BCUT2D eigenvalue weighted by Gasteiger charge is -1.99. The molecule has 13 heavy (non-hydrogen) atoms. The van der Waals surface area contributed by atoms with Gasteiger partial charge in [-0.25, -0.2) is 4.98 Å². The second kappa shape index (κ2) is 2.96. The van der Waals surface area contributed by atoms with Crippen molar-refractivity contribution in [2.24, 2.45) is 0 Å². The van der Waals surface area contributed by atoms with E-state index in [-0.39, 0.29) is 5.78 Å². The van der Waals surface area contributed by atoms with Crippen LogP contribution >= 0.6 is 15.9 Å². The summed E-state index contributed by atoms with van der Waals surface area (Å²) in [5.74, 6) is 0.0521. The summed E-state index contributed by atoms with van der Waals surface area (Å²) in [6, 6.07) is 1.78. The van der Waals surface area contributed by atoms with Crippen LogP contribution in [0.5, 0.6) is 0 Å². The molecule has 0 unspecified atom stereocenters. The summed E-state index contributed by atoms with van der Waals surface area (Å²) >= 11 is 3.36. The number of carbonyl (C=O) groups is 1. The molecule has 0 fully saturated rings. The number of Topliss-reactive ketones (excluding diaryl/α,β-unsaturated/α-hetero) is 1. The molecule has 0 saturated carbocycles. The number of hydrogen-bond acceptors (Lipinski definition) is 2. The summed E-state index contributed by atoms with van der Waals surface area (Å²) in [4.78, 5) is 15.2. The van der Waals surface area contributed by atoms with Crippen molar-refractivity contribution in [3.8, 4) is 0 Å². The van der Waals surface area contributed by atoms with Crippen LogP contribution in [0.25, 0.3) is 5.65 Å². The normalized spacial score (nSPS) is 10.6. The minimum atomic E-state index is 0.0521. The van der Waals surface area contributed by atoms with Crippen LogP contribution in [0.4, 0.5) is 0 Å². The first kappa shape index (κ1) is 8.44. The van der Waals surface area contributed by atoms with Crippen molar-refractivity contribution in [1.29, 1.82) is 0 Å². The fraction of sp³-hybridized carbons (Fsp3) is 0.111. The number of imidazole rings is 1. The Balaban J connectivity index is 2.77. The topological polar surface area (TPSA) is 34.4 Å². The smallest absolute Gasteiger partial charge is 0.161 e. The summed E-state index contributed by atoms with van der Waals surface area (Å²) < 4.78 is 2.66. The number of aromatic nitrogens is 2. The van der Waals surface area contributed by atoms with E-state index >= 15 is 0 Å². The number of fused-ring (bicyclic) bond motifs is 1. The summed E-state index contributed by atoms with van der Waals surface area (Å²) in [5.41, 5.74) is 1.50. The summed E-state index contributed by atoms with van der Waals surface area (Å²) in [5, 5.41) is 0. The van der Waals surface area contributed by atoms with Crippen LogP contribution in [0.2, 0.25) is 0 Å². The van der Waals surface area contributed by atoms with Gasteiger partial charge in [0.15, 0.2) is 11.4 Å². The number of pyridine rings is 1. The van der Waals surface area contributed by atoms with Gasteiger partial charge >= 0.3 is 0 Å². The fourth-order valence-electron chi connectivity index (χ4n) is 1.18. The Morgan fingerprint density at radius 2 is 2.38 bits per heavy atom. The molecule has 2 aromatic heterocycles. The molecule has 0 aliphatic heterocycles. The zero-order valence-corrected chi connectivity index (χ0v) is 8.58. The van der Waals surface area contributed by atoms with E-state index in [1.165, 1.54) is 0 Å². The summed E-state index contributed by atoms with van der Waals surface area (Å²) in [6.45, 7) is 1.55. The van der Waals surface area contributed by atoms with Gasteiger partial charge in [-0.3, -0.25) is 4.79 Å². The molecule has 4 heteroatoms. The Hall–Kier alpha value is -1.16. The molecule has 0 N–H and O–H groups in total. The predicted octanol–water partition coefficient (Wildman–Crippen LogP) is 2.30. The van der Waals surface area contributed by atoms with Crippen LogP contribution in [0.1, 0.15) is 17.3 Å². The Labute approximate surface area is 83.5 Å². The minimum absolute atomic E-state index is 0.0521. The molecule has 3 nitrogen and oxygen atoms in total. The van der Waals surface area contributed by atoms with Crippen LogP contribution in [0.3, 0.4) is 0 Å². The van der Waals surface area contributed by atoms with Crippen LogP contribution in [0.15, 0.2) is 29.1 Å². The van der Waals surface area contributed by atoms with Crippen molar-refractivity contribution in [2.75, 3.05) is 0 Å². The monoisotopic (exact) mass is 238 g/mol. The molecule has 0 bridgehead atoms. The quantitative estimate of drug-likeness (QED) is 0.715. The van der Waals surface area contributed by atoms with Crippen molar-refractivity contribution < 1.29 is 4.79 Å². The molecule has 0 saturated heterocycles. The third-order valence-electron chi connectivity index (χ3n) is 1.85. The van der Waals surface area contributed by atoms with Gasteiger partial charge in [0.05, 0.1) is 4.47 Å². The predicted molar refractivity (Wildman–Crippen MR) is 52.9 cm³/mol. The molecule has 2 aromatic rings. The molecule has 0 amide bonds. The van der Waals surface area contributed by atoms with Crippen molar-refractivity contribution in [1.82, 2.24) is 9.38 Å². The van der Waals surface area contributed by atoms with Crippen molar-refractivity contribution in [2.45, 2.75) is 6.92 Å². The van der Waals surface area contributed by atoms with E-state index in [1.807, 2.05) is 10.6 Å². The van der Waals surface area contributed by atoms with E-state index in [0.29, 0.717) is 5.56 Å². The van der Waals surface area contributed by atoms with Crippen LogP contribution in [-0.4, -0.2) is 15.2 Å². The first-order valence-corrected chi connectivity index (χ1v) is 4.61. The maximum atomic E-state index is 11.1. The molecule has 0 radical (unpaired) electrons. The fourth-order valence-corrected chi connectivity index (χ4v) is 1.74. The Kier molecular flexibility index (Phi) is 1.92. The zero-order chi connectivity index (χ0) is 9.42. The second-order valence-corrected chi connectivity index (χ2v) is 3.65. The third kappa shape index (κ3) is 1.37. The average Bonchev–Trinajstić information content (AvgIpc) is 2.51. The van der Waals surface area contributed by atoms with E-state index < -0.39 is 0 Å². The minimum Gasteiger partial charge on any atom is -0.305 e. The van der Waals surface area contributed by atoms with Crippen LogP contribution in [-0.2, 0) is 0 Å². The van der Waals surface area contributed by atoms with Crippen molar-refractivity contribution in [3.63, 3.8) is 0 Å². The first-order valence-electron chi connectivity index (χ1n) is 3.81. The average molecular weight is 239 g/mol. The molecule has 2 rings (SSSR count). The maximum absolute atomic E-state index is 11.1. The highest BCUT2D eigenvalue weighted by Gasteiger charge is 2.05. The van der Waals surface area contributed by atoms with Crippen molar-refractivity contribution >= 4 is 27.4 Å². The van der Waals surface area contributed by atoms with Gasteiger partial charge in [-0.2, -0.15) is 0 Å². The number of halogens is 1. The van der Waals surface area contributed by atoms with Gasteiger partial charge in [0.2, 0.25) is 0 Å². The molecule has 2 heterocycles. The molecule has 0 aliphatic rings. The number of hydrogen-bond donors (Lipinski definition) is 0. The van der Waals surface area contributed by atoms with Crippen LogP contribution in [0, 0.1) is 0 Å². The molecular weight excluding hydrogens is 232 g/mol. The van der Waals surface area contributed by atoms with Gasteiger partial charge in [0.25, 0.3) is 0 Å². The van der Waals surface area contributed by atoms with Gasteiger partial charge in [-0.05, 0) is 28.9 Å². The van der Waals surface area contributed by atoms with Gasteiger partial charge < -0.3 is 4.40 Å². The molecule has 66 valence electrons. The molecule has 0 spiro atoms. The number of carbonyl (C=O) groups excluding carboxylic acids is 1. The lowest BCUT2D eigenvalue weighted by atomic mass is 10.2. The van der Waals surface area contributed by atoms with E-state index in [0.717, 1.165) is 10.1 Å². The van der Waals surface area contributed by atoms with E-state index in [1.54, 1.807) is 25.4 Å². The Morgan fingerprint density at radius 1 is 1.62 bits per heavy atom. The summed E-state index contributed by atoms with van der Waals surface area (Å²) in [6.07, 6.45) is 5.28. The van der Waals surface area contributed by atoms with E-state index in [4.69, 9.17) is 0 Å². The van der Waals surface area contributed by atoms with Crippen molar-refractivity contribution in [3.05, 3.63) is 34.7 Å². The first-order chi connectivity index (χ1) is 6.18.